The third kappa shape index (κ3) is 4.94. The molecule has 0 radical (unpaired) electrons. The highest BCUT2D eigenvalue weighted by atomic mass is 28.4. The van der Waals surface area contributed by atoms with Crippen molar-refractivity contribution in [2.45, 2.75) is 85.0 Å². The predicted octanol–water partition coefficient (Wildman–Crippen LogP) is 7.21. The first-order valence-corrected chi connectivity index (χ1v) is 14.8. The molecule has 0 spiro atoms. The second kappa shape index (κ2) is 8.15. The Balaban J connectivity index is 1.68. The molecule has 2 nitrogen and oxygen atoms in total. The lowest BCUT2D eigenvalue weighted by atomic mass is 9.62. The summed E-state index contributed by atoms with van der Waals surface area (Å²) in [5.74, 6) is 1.96. The Bertz CT molecular complexity index is 756. The summed E-state index contributed by atoms with van der Waals surface area (Å²) in [6.07, 6.45) is 10.0. The van der Waals surface area contributed by atoms with Crippen molar-refractivity contribution in [1.29, 1.82) is 0 Å². The molecule has 160 valence electrons. The number of Topliss-reactive ketones (excluding diaryl/α,β-unsaturated/α-hetero) is 1. The SMILES string of the molecule is C[C@H](/C=C/c1ccc(C(C)(C)O[Si](C)(C)C)cc1)C1CCC2C(=O)CCC[C@@]21C. The number of benzene rings is 1. The summed E-state index contributed by atoms with van der Waals surface area (Å²) in [5.41, 5.74) is 2.43. The number of hydrogen-bond donors (Lipinski definition) is 0. The average molecular weight is 413 g/mol. The third-order valence-electron chi connectivity index (χ3n) is 7.33. The topological polar surface area (TPSA) is 26.3 Å². The molecule has 0 N–H and O–H groups in total. The van der Waals surface area contributed by atoms with Crippen LogP contribution in [0.25, 0.3) is 6.08 Å². The minimum Gasteiger partial charge on any atom is -0.409 e. The van der Waals surface area contributed by atoms with Gasteiger partial charge in [0, 0.05) is 12.3 Å². The summed E-state index contributed by atoms with van der Waals surface area (Å²) < 4.78 is 6.38. The number of carbonyl (C=O) groups is 1. The average Bonchev–Trinajstić information content (AvgIpc) is 2.96. The lowest BCUT2D eigenvalue weighted by Gasteiger charge is -2.41. The van der Waals surface area contributed by atoms with Gasteiger partial charge in [0.05, 0.1) is 5.60 Å². The summed E-state index contributed by atoms with van der Waals surface area (Å²) in [5, 5.41) is 0. The van der Waals surface area contributed by atoms with Crippen LogP contribution in [-0.2, 0) is 14.8 Å². The molecular weight excluding hydrogens is 372 g/mol. The van der Waals surface area contributed by atoms with Crippen LogP contribution in [0.2, 0.25) is 19.6 Å². The van der Waals surface area contributed by atoms with Crippen molar-refractivity contribution in [1.82, 2.24) is 0 Å². The molecule has 0 heterocycles. The summed E-state index contributed by atoms with van der Waals surface area (Å²) >= 11 is 0. The Labute approximate surface area is 179 Å². The van der Waals surface area contributed by atoms with Gasteiger partial charge in [-0.2, -0.15) is 0 Å². The van der Waals surface area contributed by atoms with E-state index >= 15 is 0 Å². The molecule has 0 saturated heterocycles. The highest BCUT2D eigenvalue weighted by molar-refractivity contribution is 6.69. The van der Waals surface area contributed by atoms with Crippen molar-refractivity contribution < 1.29 is 9.22 Å². The van der Waals surface area contributed by atoms with E-state index in [1.807, 2.05) is 0 Å². The molecule has 2 aliphatic carbocycles. The van der Waals surface area contributed by atoms with Crippen LogP contribution in [0, 0.1) is 23.2 Å². The van der Waals surface area contributed by atoms with Gasteiger partial charge in [-0.25, -0.2) is 0 Å². The Kier molecular flexibility index (Phi) is 6.32. The number of carbonyl (C=O) groups excluding carboxylic acids is 1. The van der Waals surface area contributed by atoms with Gasteiger partial charge in [0.25, 0.3) is 0 Å². The van der Waals surface area contributed by atoms with Crippen LogP contribution in [-0.4, -0.2) is 14.1 Å². The van der Waals surface area contributed by atoms with E-state index in [2.05, 4.69) is 83.8 Å². The minimum atomic E-state index is -1.60. The van der Waals surface area contributed by atoms with Crippen molar-refractivity contribution >= 4 is 20.2 Å². The summed E-state index contributed by atoms with van der Waals surface area (Å²) in [7, 11) is -1.60. The van der Waals surface area contributed by atoms with Crippen molar-refractivity contribution in [2.24, 2.45) is 23.2 Å². The number of ketones is 1. The molecular formula is C26H40O2Si. The first-order chi connectivity index (χ1) is 13.4. The summed E-state index contributed by atoms with van der Waals surface area (Å²) in [6, 6.07) is 8.82. The van der Waals surface area contributed by atoms with Gasteiger partial charge in [-0.1, -0.05) is 50.3 Å². The van der Waals surface area contributed by atoms with Crippen LogP contribution in [0.3, 0.4) is 0 Å². The number of fused-ring (bicyclic) bond motifs is 1. The van der Waals surface area contributed by atoms with Crippen LogP contribution in [0.1, 0.15) is 70.9 Å². The Hall–Kier alpha value is -1.19. The van der Waals surface area contributed by atoms with E-state index < -0.39 is 8.32 Å². The fourth-order valence-electron chi connectivity index (χ4n) is 6.05. The van der Waals surface area contributed by atoms with Crippen LogP contribution in [0.15, 0.2) is 30.3 Å². The van der Waals surface area contributed by atoms with Crippen LogP contribution in [0.5, 0.6) is 0 Å². The lowest BCUT2D eigenvalue weighted by Crippen LogP contribution is -2.39. The van der Waals surface area contributed by atoms with E-state index in [1.54, 1.807) is 0 Å². The molecule has 2 saturated carbocycles. The van der Waals surface area contributed by atoms with E-state index in [0.29, 0.717) is 23.5 Å². The second-order valence-electron chi connectivity index (χ2n) is 11.1. The summed E-state index contributed by atoms with van der Waals surface area (Å²) in [6.45, 7) is 15.8. The van der Waals surface area contributed by atoms with Crippen molar-refractivity contribution in [3.63, 3.8) is 0 Å². The zero-order chi connectivity index (χ0) is 21.4. The number of hydrogen-bond acceptors (Lipinski definition) is 2. The normalized spacial score (nSPS) is 29.3. The van der Waals surface area contributed by atoms with Gasteiger partial charge < -0.3 is 4.43 Å². The summed E-state index contributed by atoms with van der Waals surface area (Å²) in [4.78, 5) is 12.4. The van der Waals surface area contributed by atoms with Gasteiger partial charge in [-0.3, -0.25) is 4.79 Å². The second-order valence-corrected chi connectivity index (χ2v) is 15.6. The molecule has 0 amide bonds. The largest absolute Gasteiger partial charge is 0.409 e. The van der Waals surface area contributed by atoms with E-state index in [0.717, 1.165) is 19.3 Å². The van der Waals surface area contributed by atoms with Crippen molar-refractivity contribution in [3.8, 4) is 0 Å². The van der Waals surface area contributed by atoms with Gasteiger partial charge >= 0.3 is 0 Å². The lowest BCUT2D eigenvalue weighted by molar-refractivity contribution is -0.129. The maximum absolute atomic E-state index is 12.4. The predicted molar refractivity (Wildman–Crippen MR) is 125 cm³/mol. The first kappa shape index (κ1) is 22.5. The quantitative estimate of drug-likeness (QED) is 0.461. The molecule has 4 atom stereocenters. The molecule has 0 aromatic heterocycles. The van der Waals surface area contributed by atoms with Gasteiger partial charge in [-0.15, -0.1) is 0 Å². The molecule has 0 aliphatic heterocycles. The van der Waals surface area contributed by atoms with E-state index in [-0.39, 0.29) is 11.0 Å². The Morgan fingerprint density at radius 3 is 2.45 bits per heavy atom. The van der Waals surface area contributed by atoms with E-state index in [4.69, 9.17) is 4.43 Å². The zero-order valence-electron chi connectivity index (χ0n) is 19.5. The van der Waals surface area contributed by atoms with E-state index in [1.165, 1.54) is 24.0 Å². The van der Waals surface area contributed by atoms with Crippen molar-refractivity contribution in [2.75, 3.05) is 0 Å². The van der Waals surface area contributed by atoms with Gasteiger partial charge in [-0.05, 0) is 87.5 Å². The van der Waals surface area contributed by atoms with Gasteiger partial charge in [0.15, 0.2) is 8.32 Å². The maximum atomic E-state index is 12.4. The molecule has 2 fully saturated rings. The van der Waals surface area contributed by atoms with Crippen LogP contribution in [0.4, 0.5) is 0 Å². The van der Waals surface area contributed by atoms with E-state index in [9.17, 15) is 4.79 Å². The smallest absolute Gasteiger partial charge is 0.184 e. The molecule has 3 heteroatoms. The Morgan fingerprint density at radius 1 is 1.17 bits per heavy atom. The molecule has 29 heavy (non-hydrogen) atoms. The minimum absolute atomic E-state index is 0.209. The number of allylic oxidation sites excluding steroid dienone is 1. The Morgan fingerprint density at radius 2 is 1.83 bits per heavy atom. The first-order valence-electron chi connectivity index (χ1n) is 11.4. The van der Waals surface area contributed by atoms with Crippen molar-refractivity contribution in [3.05, 3.63) is 41.5 Å². The monoisotopic (exact) mass is 412 g/mol. The number of rotatable bonds is 6. The standard InChI is InChI=1S/C26H40O2Si/c1-19(22-16-17-23-24(27)9-8-18-26(22,23)4)10-11-20-12-14-21(15-13-20)25(2,3)28-29(5,6)7/h10-15,19,22-23H,8-9,16-18H2,1-7H3/b11-10+/t19-,22?,23?,26-/m1/s1. The highest BCUT2D eigenvalue weighted by Crippen LogP contribution is 2.56. The van der Waals surface area contributed by atoms with Crippen LogP contribution < -0.4 is 0 Å². The highest BCUT2D eigenvalue weighted by Gasteiger charge is 2.51. The zero-order valence-corrected chi connectivity index (χ0v) is 20.5. The maximum Gasteiger partial charge on any atom is 0.184 e. The molecule has 3 rings (SSSR count). The fourth-order valence-corrected chi connectivity index (χ4v) is 7.70. The molecule has 2 aliphatic rings. The molecule has 0 bridgehead atoms. The third-order valence-corrected chi connectivity index (χ3v) is 8.45. The molecule has 1 aromatic rings. The fraction of sp³-hybridized carbons (Fsp3) is 0.654. The van der Waals surface area contributed by atoms with Gasteiger partial charge in [0.1, 0.15) is 5.78 Å². The van der Waals surface area contributed by atoms with Gasteiger partial charge in [0.2, 0.25) is 0 Å². The molecule has 2 unspecified atom stereocenters. The van der Waals surface area contributed by atoms with Crippen LogP contribution >= 0.6 is 0 Å². The molecule has 1 aromatic carbocycles.